The van der Waals surface area contributed by atoms with Crippen molar-refractivity contribution >= 4 is 17.7 Å². The van der Waals surface area contributed by atoms with Crippen LogP contribution in [0.3, 0.4) is 0 Å². The third-order valence-corrected chi connectivity index (χ3v) is 7.74. The van der Waals surface area contributed by atoms with Gasteiger partial charge in [0.1, 0.15) is 0 Å². The highest BCUT2D eigenvalue weighted by molar-refractivity contribution is 6.30. The molecule has 1 saturated heterocycles. The lowest BCUT2D eigenvalue weighted by Gasteiger charge is -2.42. The Balaban J connectivity index is 1.69. The van der Waals surface area contributed by atoms with Gasteiger partial charge in [-0.15, -0.1) is 0 Å². The molecule has 1 aliphatic heterocycles. The van der Waals surface area contributed by atoms with Gasteiger partial charge in [-0.1, -0.05) is 60.5 Å². The van der Waals surface area contributed by atoms with Gasteiger partial charge in [0.05, 0.1) is 5.60 Å². The zero-order valence-corrected chi connectivity index (χ0v) is 20.3. The lowest BCUT2D eigenvalue weighted by molar-refractivity contribution is -0.00653. The summed E-state index contributed by atoms with van der Waals surface area (Å²) in [6.45, 7) is 7.52. The number of halogens is 1. The molecule has 32 heavy (non-hydrogen) atoms. The summed E-state index contributed by atoms with van der Waals surface area (Å²) in [5.41, 5.74) is 3.97. The molecule has 1 N–H and O–H groups in total. The van der Waals surface area contributed by atoms with Crippen LogP contribution in [0.5, 0.6) is 0 Å². The van der Waals surface area contributed by atoms with Gasteiger partial charge in [-0.05, 0) is 67.6 Å². The maximum Gasteiger partial charge on any atom is 0.0940 e. The molecule has 2 aliphatic rings. The van der Waals surface area contributed by atoms with Gasteiger partial charge >= 0.3 is 0 Å². The summed E-state index contributed by atoms with van der Waals surface area (Å²) in [4.78, 5) is 4.97. The van der Waals surface area contributed by atoms with Crippen molar-refractivity contribution in [2.24, 2.45) is 5.92 Å². The van der Waals surface area contributed by atoms with Crippen molar-refractivity contribution in [1.29, 1.82) is 0 Å². The first-order valence-corrected chi connectivity index (χ1v) is 12.5. The van der Waals surface area contributed by atoms with Crippen LogP contribution in [0.25, 0.3) is 6.08 Å². The number of hydrogen-bond acceptors (Lipinski definition) is 3. The molecule has 172 valence electrons. The number of rotatable bonds is 5. The Kier molecular flexibility index (Phi) is 7.73. The number of nitrogens with zero attached hydrogens (tertiary/aromatic N) is 2. The first kappa shape index (κ1) is 23.5. The second-order valence-corrected chi connectivity index (χ2v) is 10.2. The largest absolute Gasteiger partial charge is 0.385 e. The SMILES string of the molecule is Cc1ccccc1CC1(O)/C(=C\c2ccc(Cl)cc2)CCCCC1CN1CCN(C)CC1. The summed E-state index contributed by atoms with van der Waals surface area (Å²) >= 11 is 6.12. The van der Waals surface area contributed by atoms with Crippen LogP contribution in [0.15, 0.2) is 54.1 Å². The van der Waals surface area contributed by atoms with Gasteiger partial charge in [-0.2, -0.15) is 0 Å². The standard InChI is InChI=1S/C28H37ClN2O/c1-22-7-3-4-8-24(22)20-28(32)25(19-23-11-13-27(29)14-12-23)9-5-6-10-26(28)21-31-17-15-30(2)16-18-31/h3-4,7-8,11-14,19,26,32H,5-6,9-10,15-18,20-21H2,1-2H3/b25-19-. The second kappa shape index (κ2) is 10.5. The normalized spacial score (nSPS) is 26.9. The van der Waals surface area contributed by atoms with Crippen LogP contribution in [-0.2, 0) is 6.42 Å². The number of piperazine rings is 1. The molecule has 4 rings (SSSR count). The minimum Gasteiger partial charge on any atom is -0.385 e. The Morgan fingerprint density at radius 2 is 1.75 bits per heavy atom. The summed E-state index contributed by atoms with van der Waals surface area (Å²) in [5.74, 6) is 0.228. The maximum absolute atomic E-state index is 12.5. The Morgan fingerprint density at radius 3 is 2.47 bits per heavy atom. The number of benzene rings is 2. The molecule has 2 unspecified atom stereocenters. The van der Waals surface area contributed by atoms with Crippen molar-refractivity contribution in [1.82, 2.24) is 9.80 Å². The van der Waals surface area contributed by atoms with E-state index in [0.717, 1.165) is 62.6 Å². The van der Waals surface area contributed by atoms with Crippen molar-refractivity contribution in [3.63, 3.8) is 0 Å². The summed E-state index contributed by atoms with van der Waals surface area (Å²) in [7, 11) is 2.20. The molecule has 3 nitrogen and oxygen atoms in total. The van der Waals surface area contributed by atoms with Crippen molar-refractivity contribution in [3.8, 4) is 0 Å². The van der Waals surface area contributed by atoms with E-state index in [-0.39, 0.29) is 5.92 Å². The van der Waals surface area contributed by atoms with Crippen LogP contribution in [-0.4, -0.2) is 60.3 Å². The highest BCUT2D eigenvalue weighted by Gasteiger charge is 2.42. The number of likely N-dealkylation sites (N-methyl/N-ethyl adjacent to an activating group) is 1. The van der Waals surface area contributed by atoms with Crippen LogP contribution in [0, 0.1) is 12.8 Å². The molecule has 1 saturated carbocycles. The molecule has 0 spiro atoms. The average Bonchev–Trinajstić information content (AvgIpc) is 2.92. The quantitative estimate of drug-likeness (QED) is 0.611. The Morgan fingerprint density at radius 1 is 1.03 bits per heavy atom. The molecule has 2 aromatic rings. The van der Waals surface area contributed by atoms with Crippen LogP contribution >= 0.6 is 11.6 Å². The van der Waals surface area contributed by atoms with Crippen LogP contribution in [0.2, 0.25) is 5.02 Å². The predicted molar refractivity (Wildman–Crippen MR) is 135 cm³/mol. The van der Waals surface area contributed by atoms with Gasteiger partial charge in [-0.25, -0.2) is 0 Å². The van der Waals surface area contributed by atoms with Gasteiger partial charge in [-0.3, -0.25) is 0 Å². The van der Waals surface area contributed by atoms with Gasteiger partial charge < -0.3 is 14.9 Å². The lowest BCUT2D eigenvalue weighted by Crippen LogP contribution is -2.51. The third-order valence-electron chi connectivity index (χ3n) is 7.49. The fraction of sp³-hybridized carbons (Fsp3) is 0.500. The Bertz CT molecular complexity index is 917. The first-order valence-electron chi connectivity index (χ1n) is 12.1. The monoisotopic (exact) mass is 452 g/mol. The highest BCUT2D eigenvalue weighted by atomic mass is 35.5. The predicted octanol–water partition coefficient (Wildman–Crippen LogP) is 5.44. The second-order valence-electron chi connectivity index (χ2n) is 9.80. The zero-order chi connectivity index (χ0) is 22.6. The number of aryl methyl sites for hydroxylation is 1. The fourth-order valence-corrected chi connectivity index (χ4v) is 5.45. The van der Waals surface area contributed by atoms with Crippen molar-refractivity contribution < 1.29 is 5.11 Å². The zero-order valence-electron chi connectivity index (χ0n) is 19.6. The molecular weight excluding hydrogens is 416 g/mol. The lowest BCUT2D eigenvalue weighted by atomic mass is 9.74. The van der Waals surface area contributed by atoms with Crippen LogP contribution in [0.1, 0.15) is 42.4 Å². The first-order chi connectivity index (χ1) is 15.4. The van der Waals surface area contributed by atoms with Gasteiger partial charge in [0.25, 0.3) is 0 Å². The summed E-state index contributed by atoms with van der Waals surface area (Å²) < 4.78 is 0. The Labute approximate surface area is 198 Å². The summed E-state index contributed by atoms with van der Waals surface area (Å²) in [5, 5.41) is 13.3. The molecular formula is C28H37ClN2O. The summed E-state index contributed by atoms with van der Waals surface area (Å²) in [6, 6.07) is 16.5. The Hall–Kier alpha value is -1.65. The minimum atomic E-state index is -0.842. The van der Waals surface area contributed by atoms with Gasteiger partial charge in [0.15, 0.2) is 0 Å². The highest BCUT2D eigenvalue weighted by Crippen LogP contribution is 2.41. The van der Waals surface area contributed by atoms with Crippen molar-refractivity contribution in [2.45, 2.75) is 44.6 Å². The summed E-state index contributed by atoms with van der Waals surface area (Å²) in [6.07, 6.45) is 7.24. The molecule has 1 heterocycles. The van der Waals surface area contributed by atoms with Crippen molar-refractivity contribution in [3.05, 3.63) is 75.8 Å². The van der Waals surface area contributed by atoms with Gasteiger partial charge in [0.2, 0.25) is 0 Å². The topological polar surface area (TPSA) is 26.7 Å². The number of hydrogen-bond donors (Lipinski definition) is 1. The van der Waals surface area contributed by atoms with Crippen molar-refractivity contribution in [2.75, 3.05) is 39.8 Å². The van der Waals surface area contributed by atoms with Crippen LogP contribution < -0.4 is 0 Å². The molecule has 0 amide bonds. The molecule has 0 bridgehead atoms. The molecule has 2 fully saturated rings. The van der Waals surface area contributed by atoms with E-state index in [0.29, 0.717) is 6.42 Å². The van der Waals surface area contributed by atoms with E-state index in [1.54, 1.807) is 0 Å². The van der Waals surface area contributed by atoms with E-state index in [2.05, 4.69) is 66.2 Å². The molecule has 0 aromatic heterocycles. The number of aliphatic hydroxyl groups is 1. The maximum atomic E-state index is 12.5. The molecule has 2 aromatic carbocycles. The smallest absolute Gasteiger partial charge is 0.0940 e. The molecule has 2 atom stereocenters. The molecule has 4 heteroatoms. The van der Waals surface area contributed by atoms with E-state index in [9.17, 15) is 5.11 Å². The van der Waals surface area contributed by atoms with E-state index in [4.69, 9.17) is 11.6 Å². The van der Waals surface area contributed by atoms with E-state index < -0.39 is 5.60 Å². The van der Waals surface area contributed by atoms with Gasteiger partial charge in [0, 0.05) is 50.1 Å². The molecule has 0 radical (unpaired) electrons. The average molecular weight is 453 g/mol. The minimum absolute atomic E-state index is 0.228. The third kappa shape index (κ3) is 5.63. The van der Waals surface area contributed by atoms with E-state index in [1.807, 2.05) is 12.1 Å². The van der Waals surface area contributed by atoms with E-state index >= 15 is 0 Å². The van der Waals surface area contributed by atoms with Crippen LogP contribution in [0.4, 0.5) is 0 Å². The fourth-order valence-electron chi connectivity index (χ4n) is 5.32. The molecule has 1 aliphatic carbocycles. The van der Waals surface area contributed by atoms with E-state index in [1.165, 1.54) is 23.1 Å².